The molecule has 0 heterocycles. The average Bonchev–Trinajstić information content (AvgIpc) is 2.28. The summed E-state index contributed by atoms with van der Waals surface area (Å²) < 4.78 is 26.4. The van der Waals surface area contributed by atoms with Crippen LogP contribution in [0.5, 0.6) is 0 Å². The molecule has 0 fully saturated rings. The second-order valence-electron chi connectivity index (χ2n) is 2.50. The molecule has 0 unspecified atom stereocenters. The van der Waals surface area contributed by atoms with Crippen LogP contribution < -0.4 is 48.5 Å². The Morgan fingerprint density at radius 2 is 1.56 bits per heavy atom. The topological polar surface area (TPSA) is 86.3 Å². The normalized spacial score (nSPS) is 14.0. The van der Waals surface area contributed by atoms with Crippen LogP contribution in [-0.4, -0.2) is 11.6 Å². The molecule has 0 aromatic carbocycles. The van der Waals surface area contributed by atoms with Crippen LogP contribution in [0.3, 0.4) is 0 Å². The molecule has 6 nitrogen and oxygen atoms in total. The van der Waals surface area contributed by atoms with Gasteiger partial charge in [-0.3, -0.25) is 14.9 Å². The Balaban J connectivity index is 0. The van der Waals surface area contributed by atoms with Crippen LogP contribution in [-0.2, 0) is 9.59 Å². The molecule has 10 heteroatoms. The number of Topliss-reactive ketones (excluding diaryl/α,β-unsaturated/α-hetero) is 2. The van der Waals surface area contributed by atoms with E-state index >= 15 is 0 Å². The number of allylic oxidation sites excluding steroid dienone is 2. The molecule has 0 radical (unpaired) electrons. The number of ketones is 2. The standard InChI is InChI=1S/C8H2F2N4O2.2Li/c1-12-14-6-4(10)7(15)5(13-2-11)3(9)8(6)16;;/h13-14H;;/q;2*+1. The minimum absolute atomic E-state index is 0. The third-order valence-electron chi connectivity index (χ3n) is 1.64. The fourth-order valence-electron chi connectivity index (χ4n) is 0.969. The van der Waals surface area contributed by atoms with Gasteiger partial charge in [0, 0.05) is 0 Å². The van der Waals surface area contributed by atoms with E-state index in [9.17, 15) is 18.4 Å². The van der Waals surface area contributed by atoms with Crippen molar-refractivity contribution in [1.29, 1.82) is 5.26 Å². The number of rotatable bonds is 2. The third kappa shape index (κ3) is 3.23. The van der Waals surface area contributed by atoms with Crippen LogP contribution in [0.25, 0.3) is 4.95 Å². The van der Waals surface area contributed by atoms with Crippen LogP contribution in [0.15, 0.2) is 23.0 Å². The Hall–Kier alpha value is -1.55. The van der Waals surface area contributed by atoms with Crippen LogP contribution in [0.4, 0.5) is 8.78 Å². The molecule has 0 saturated heterocycles. The zero-order valence-corrected chi connectivity index (χ0v) is 9.47. The van der Waals surface area contributed by atoms with E-state index in [1.807, 2.05) is 0 Å². The first-order chi connectivity index (χ1) is 7.54. The Morgan fingerprint density at radius 1 is 1.11 bits per heavy atom. The first kappa shape index (κ1) is 18.8. The fraction of sp³-hybridized carbons (Fsp3) is 0. The van der Waals surface area contributed by atoms with Crippen LogP contribution in [0.2, 0.25) is 0 Å². The smallest absolute Gasteiger partial charge is 0.286 e. The molecule has 2 N–H and O–H groups in total. The van der Waals surface area contributed by atoms with Crippen molar-refractivity contribution in [2.75, 3.05) is 0 Å². The molecular formula is C8H2F2Li2N4O2+2. The summed E-state index contributed by atoms with van der Waals surface area (Å²) >= 11 is 0. The van der Waals surface area contributed by atoms with E-state index in [0.717, 1.165) is 0 Å². The Bertz CT molecular complexity index is 482. The van der Waals surface area contributed by atoms with Gasteiger partial charge in [-0.2, -0.15) is 21.2 Å². The summed E-state index contributed by atoms with van der Waals surface area (Å²) in [7, 11) is 0. The van der Waals surface area contributed by atoms with E-state index < -0.39 is 34.6 Å². The molecule has 0 bridgehead atoms. The molecule has 0 aromatic rings. The number of nitrogens with one attached hydrogen (secondary N) is 2. The average molecular weight is 238 g/mol. The van der Waals surface area contributed by atoms with E-state index in [1.54, 1.807) is 10.7 Å². The van der Waals surface area contributed by atoms with Gasteiger partial charge in [0.25, 0.3) is 0 Å². The van der Waals surface area contributed by atoms with Crippen LogP contribution >= 0.6 is 0 Å². The Morgan fingerprint density at radius 3 is 2.00 bits per heavy atom. The third-order valence-corrected chi connectivity index (χ3v) is 1.64. The van der Waals surface area contributed by atoms with Crippen LogP contribution in [0, 0.1) is 18.0 Å². The number of carbonyl (C=O) groups is 2. The zero-order valence-electron chi connectivity index (χ0n) is 9.47. The first-order valence-corrected chi connectivity index (χ1v) is 3.71. The first-order valence-electron chi connectivity index (χ1n) is 3.71. The SMILES string of the molecule is [C-]#[N+]NC1=C(F)C(=O)C(NC#N)=C(F)C1=O.[Li+].[Li+]. The molecular weight excluding hydrogens is 236 g/mol. The molecule has 0 atom stereocenters. The number of nitrogens with zero attached hydrogens (tertiary/aromatic N) is 2. The van der Waals surface area contributed by atoms with Gasteiger partial charge in [-0.1, -0.05) is 5.43 Å². The number of nitriles is 1. The van der Waals surface area contributed by atoms with Crippen molar-refractivity contribution in [2.45, 2.75) is 0 Å². The van der Waals surface area contributed by atoms with Crippen molar-refractivity contribution < 1.29 is 56.1 Å². The summed E-state index contributed by atoms with van der Waals surface area (Å²) in [6.45, 7) is 6.32. The molecule has 1 rings (SSSR count). The van der Waals surface area contributed by atoms with Gasteiger partial charge in [0.1, 0.15) is 5.70 Å². The minimum atomic E-state index is -1.61. The summed E-state index contributed by atoms with van der Waals surface area (Å²) in [4.78, 5) is 24.7. The van der Waals surface area contributed by atoms with Crippen molar-refractivity contribution in [3.63, 3.8) is 0 Å². The Labute approximate surface area is 124 Å². The quantitative estimate of drug-likeness (QED) is 0.125. The molecule has 0 aromatic heterocycles. The van der Waals surface area contributed by atoms with Gasteiger partial charge in [-0.05, 0) is 0 Å². The molecule has 0 saturated carbocycles. The molecule has 18 heavy (non-hydrogen) atoms. The van der Waals surface area contributed by atoms with Gasteiger partial charge >= 0.3 is 37.7 Å². The fourth-order valence-corrected chi connectivity index (χ4v) is 0.969. The maximum Gasteiger partial charge on any atom is 1.00 e. The monoisotopic (exact) mass is 238 g/mol. The van der Waals surface area contributed by atoms with Crippen molar-refractivity contribution in [2.24, 2.45) is 0 Å². The Kier molecular flexibility index (Phi) is 8.07. The van der Waals surface area contributed by atoms with Gasteiger partial charge < -0.3 is 0 Å². The van der Waals surface area contributed by atoms with E-state index in [2.05, 4.69) is 4.95 Å². The maximum atomic E-state index is 13.2. The summed E-state index contributed by atoms with van der Waals surface area (Å²) in [6.07, 6.45) is 1.20. The molecule has 0 spiro atoms. The summed E-state index contributed by atoms with van der Waals surface area (Å²) in [6, 6.07) is 0. The molecule has 1 aliphatic carbocycles. The summed E-state index contributed by atoms with van der Waals surface area (Å²) in [5.41, 5.74) is -0.589. The van der Waals surface area contributed by atoms with Crippen LogP contribution in [0.1, 0.15) is 0 Å². The van der Waals surface area contributed by atoms with Gasteiger partial charge in [-0.25, -0.2) is 4.39 Å². The largest absolute Gasteiger partial charge is 1.00 e. The molecule has 0 amide bonds. The van der Waals surface area contributed by atoms with Crippen molar-refractivity contribution in [1.82, 2.24) is 10.7 Å². The van der Waals surface area contributed by atoms with Gasteiger partial charge in [-0.15, -0.1) is 0 Å². The summed E-state index contributed by atoms with van der Waals surface area (Å²) in [5.74, 6) is -6.21. The van der Waals surface area contributed by atoms with Gasteiger partial charge in [0.2, 0.25) is 23.2 Å². The predicted octanol–water partition coefficient (Wildman–Crippen LogP) is -6.00. The van der Waals surface area contributed by atoms with Crippen molar-refractivity contribution >= 4 is 11.6 Å². The number of hydrogen-bond acceptors (Lipinski definition) is 5. The zero-order chi connectivity index (χ0) is 12.3. The van der Waals surface area contributed by atoms with Gasteiger partial charge in [0.15, 0.2) is 11.9 Å². The van der Waals surface area contributed by atoms with Crippen molar-refractivity contribution in [3.05, 3.63) is 34.6 Å². The van der Waals surface area contributed by atoms with E-state index in [0.29, 0.717) is 0 Å². The maximum absolute atomic E-state index is 13.2. The number of halogens is 2. The number of hydrogen-bond donors (Lipinski definition) is 2. The molecule has 80 valence electrons. The predicted molar refractivity (Wildman–Crippen MR) is 44.8 cm³/mol. The second kappa shape index (κ2) is 7.72. The second-order valence-corrected chi connectivity index (χ2v) is 2.50. The van der Waals surface area contributed by atoms with E-state index in [4.69, 9.17) is 11.8 Å². The molecule has 1 aliphatic rings. The van der Waals surface area contributed by atoms with Gasteiger partial charge in [0.05, 0.1) is 0 Å². The van der Waals surface area contributed by atoms with E-state index in [1.165, 1.54) is 6.19 Å². The van der Waals surface area contributed by atoms with E-state index in [-0.39, 0.29) is 37.7 Å². The van der Waals surface area contributed by atoms with Crippen molar-refractivity contribution in [3.8, 4) is 6.19 Å². The summed E-state index contributed by atoms with van der Waals surface area (Å²) in [5, 5.41) is 9.74. The number of carbonyl (C=O) groups excluding carboxylic acids is 2. The minimum Gasteiger partial charge on any atom is -0.286 e. The molecule has 0 aliphatic heterocycles.